The minimum Gasteiger partial charge on any atom is -0.508 e. The van der Waals surface area contributed by atoms with E-state index in [0.29, 0.717) is 5.75 Å². The third-order valence-corrected chi connectivity index (χ3v) is 3.70. The number of aromatic hydroxyl groups is 1. The fraction of sp³-hybridized carbons (Fsp3) is 0.250. The molecule has 1 aliphatic carbocycles. The minimum absolute atomic E-state index is 0.151. The van der Waals surface area contributed by atoms with E-state index in [1.165, 1.54) is 18.7 Å². The van der Waals surface area contributed by atoms with Gasteiger partial charge in [-0.15, -0.1) is 0 Å². The number of hydrogen-bond acceptors (Lipinski definition) is 3. The molecule has 1 atom stereocenters. The van der Waals surface area contributed by atoms with Gasteiger partial charge in [0, 0.05) is 11.8 Å². The number of phenolic OH excluding ortho intramolecular Hbond substituents is 1. The molecule has 0 bridgehead atoms. The smallest absolute Gasteiger partial charge is 0.167 e. The quantitative estimate of drug-likeness (QED) is 0.897. The number of methoxy groups -OCH3 is 1. The van der Waals surface area contributed by atoms with Gasteiger partial charge in [0.1, 0.15) is 5.75 Å². The summed E-state index contributed by atoms with van der Waals surface area (Å²) >= 11 is 0. The summed E-state index contributed by atoms with van der Waals surface area (Å²) in [5.74, 6) is 0.161. The molecule has 3 nitrogen and oxygen atoms in total. The number of rotatable bonds is 3. The Labute approximate surface area is 117 Å². The highest BCUT2D eigenvalue weighted by Gasteiger charge is 2.22. The molecule has 1 unspecified atom stereocenters. The van der Waals surface area contributed by atoms with Crippen LogP contribution in [0.5, 0.6) is 11.5 Å². The van der Waals surface area contributed by atoms with Crippen molar-refractivity contribution < 1.29 is 14.2 Å². The summed E-state index contributed by atoms with van der Waals surface area (Å²) in [6, 6.07) is 10.4. The molecule has 1 aliphatic rings. The van der Waals surface area contributed by atoms with Gasteiger partial charge >= 0.3 is 0 Å². The number of fused-ring (bicyclic) bond motifs is 1. The van der Waals surface area contributed by atoms with Gasteiger partial charge in [-0.25, -0.2) is 4.39 Å². The van der Waals surface area contributed by atoms with Gasteiger partial charge in [-0.1, -0.05) is 6.07 Å². The first-order valence-corrected chi connectivity index (χ1v) is 6.59. The molecule has 0 aliphatic heterocycles. The molecule has 3 rings (SSSR count). The summed E-state index contributed by atoms with van der Waals surface area (Å²) in [6.45, 7) is 0. The Morgan fingerprint density at radius 3 is 2.85 bits per heavy atom. The van der Waals surface area contributed by atoms with E-state index in [1.54, 1.807) is 24.3 Å². The van der Waals surface area contributed by atoms with Crippen LogP contribution in [0.1, 0.15) is 23.6 Å². The number of phenols is 1. The zero-order chi connectivity index (χ0) is 14.1. The van der Waals surface area contributed by atoms with Crippen molar-refractivity contribution >= 4 is 5.69 Å². The van der Waals surface area contributed by atoms with Crippen molar-refractivity contribution in [2.24, 2.45) is 0 Å². The summed E-state index contributed by atoms with van der Waals surface area (Å²) in [6.07, 6.45) is 1.85. The van der Waals surface area contributed by atoms with E-state index in [9.17, 15) is 9.50 Å². The number of hydrogen-bond donors (Lipinski definition) is 2. The van der Waals surface area contributed by atoms with Crippen molar-refractivity contribution in [3.63, 3.8) is 0 Å². The lowest BCUT2D eigenvalue weighted by molar-refractivity contribution is 0.386. The lowest BCUT2D eigenvalue weighted by atomic mass is 10.1. The number of nitrogens with one attached hydrogen (secondary N) is 1. The van der Waals surface area contributed by atoms with E-state index in [4.69, 9.17) is 4.74 Å². The van der Waals surface area contributed by atoms with Gasteiger partial charge in [0.2, 0.25) is 0 Å². The largest absolute Gasteiger partial charge is 0.508 e. The van der Waals surface area contributed by atoms with Crippen LogP contribution in [0.15, 0.2) is 36.4 Å². The molecule has 0 spiro atoms. The average molecular weight is 273 g/mol. The number of benzene rings is 2. The molecule has 0 saturated carbocycles. The van der Waals surface area contributed by atoms with Crippen molar-refractivity contribution in [3.05, 3.63) is 53.3 Å². The summed E-state index contributed by atoms with van der Waals surface area (Å²) in [5.41, 5.74) is 3.05. The molecule has 0 saturated heterocycles. The second-order valence-corrected chi connectivity index (χ2v) is 4.97. The maximum Gasteiger partial charge on any atom is 0.167 e. The lowest BCUT2D eigenvalue weighted by Gasteiger charge is -2.16. The van der Waals surface area contributed by atoms with Gasteiger partial charge in [-0.2, -0.15) is 0 Å². The summed E-state index contributed by atoms with van der Waals surface area (Å²) < 4.78 is 18.6. The molecule has 20 heavy (non-hydrogen) atoms. The molecule has 104 valence electrons. The second-order valence-electron chi connectivity index (χ2n) is 4.97. The van der Waals surface area contributed by atoms with Crippen LogP contribution < -0.4 is 10.1 Å². The Bertz CT molecular complexity index is 642. The first-order chi connectivity index (χ1) is 9.67. The molecule has 0 heterocycles. The van der Waals surface area contributed by atoms with Crippen LogP contribution in [0.3, 0.4) is 0 Å². The van der Waals surface area contributed by atoms with Crippen molar-refractivity contribution in [1.29, 1.82) is 0 Å². The minimum atomic E-state index is -0.374. The Kier molecular flexibility index (Phi) is 3.22. The Balaban J connectivity index is 1.82. The maximum atomic E-state index is 13.7. The summed E-state index contributed by atoms with van der Waals surface area (Å²) in [4.78, 5) is 0. The topological polar surface area (TPSA) is 41.5 Å². The van der Waals surface area contributed by atoms with Crippen LogP contribution in [-0.4, -0.2) is 12.2 Å². The second kappa shape index (κ2) is 5.04. The highest BCUT2D eigenvalue weighted by Crippen LogP contribution is 2.36. The van der Waals surface area contributed by atoms with Crippen LogP contribution >= 0.6 is 0 Å². The molecule has 4 heteroatoms. The van der Waals surface area contributed by atoms with Gasteiger partial charge in [-0.05, 0) is 48.2 Å². The molecule has 2 aromatic carbocycles. The molecule has 0 aromatic heterocycles. The maximum absolute atomic E-state index is 13.7. The molecule has 0 radical (unpaired) electrons. The Morgan fingerprint density at radius 2 is 2.10 bits per heavy atom. The van der Waals surface area contributed by atoms with Gasteiger partial charge in [0.25, 0.3) is 0 Å². The van der Waals surface area contributed by atoms with Crippen molar-refractivity contribution in [2.75, 3.05) is 12.4 Å². The molecular formula is C16H16FNO2. The van der Waals surface area contributed by atoms with Gasteiger partial charge < -0.3 is 15.2 Å². The lowest BCUT2D eigenvalue weighted by Crippen LogP contribution is -2.07. The number of anilines is 1. The van der Waals surface area contributed by atoms with Crippen LogP contribution in [-0.2, 0) is 6.42 Å². The van der Waals surface area contributed by atoms with Gasteiger partial charge in [0.05, 0.1) is 13.2 Å². The zero-order valence-corrected chi connectivity index (χ0v) is 11.2. The standard InChI is InChI=1S/C16H16FNO2/c1-20-16-7-3-11(9-14(16)17)18-15-6-2-10-8-12(19)4-5-13(10)15/h3-5,7-9,15,18-19H,2,6H2,1H3. The summed E-state index contributed by atoms with van der Waals surface area (Å²) in [7, 11) is 1.45. The molecular weight excluding hydrogens is 257 g/mol. The van der Waals surface area contributed by atoms with Crippen LogP contribution in [0, 0.1) is 5.82 Å². The molecule has 0 fully saturated rings. The van der Waals surface area contributed by atoms with E-state index >= 15 is 0 Å². The van der Waals surface area contributed by atoms with Gasteiger partial charge in [0.15, 0.2) is 11.6 Å². The van der Waals surface area contributed by atoms with Gasteiger partial charge in [-0.3, -0.25) is 0 Å². The van der Waals surface area contributed by atoms with Crippen molar-refractivity contribution in [1.82, 2.24) is 0 Å². The summed E-state index contributed by atoms with van der Waals surface area (Å²) in [5, 5.41) is 12.8. The Morgan fingerprint density at radius 1 is 1.25 bits per heavy atom. The predicted octanol–water partition coefficient (Wildman–Crippen LogP) is 3.64. The third kappa shape index (κ3) is 2.29. The van der Waals surface area contributed by atoms with E-state index < -0.39 is 0 Å². The van der Waals surface area contributed by atoms with Crippen LogP contribution in [0.4, 0.5) is 10.1 Å². The third-order valence-electron chi connectivity index (χ3n) is 3.70. The van der Waals surface area contributed by atoms with E-state index in [1.807, 2.05) is 6.07 Å². The number of ether oxygens (including phenoxy) is 1. The number of aryl methyl sites for hydroxylation is 1. The predicted molar refractivity (Wildman–Crippen MR) is 75.7 cm³/mol. The first kappa shape index (κ1) is 12.8. The number of halogens is 1. The zero-order valence-electron chi connectivity index (χ0n) is 11.2. The Hall–Kier alpha value is -2.23. The van der Waals surface area contributed by atoms with Crippen LogP contribution in [0.2, 0.25) is 0 Å². The van der Waals surface area contributed by atoms with E-state index in [0.717, 1.165) is 24.1 Å². The highest BCUT2D eigenvalue weighted by atomic mass is 19.1. The highest BCUT2D eigenvalue weighted by molar-refractivity contribution is 5.51. The molecule has 2 N–H and O–H groups in total. The molecule has 0 amide bonds. The SMILES string of the molecule is COc1ccc(NC2CCc3cc(O)ccc32)cc1F. The normalized spacial score (nSPS) is 16.8. The fourth-order valence-electron chi connectivity index (χ4n) is 2.71. The molecule has 2 aromatic rings. The average Bonchev–Trinajstić information content (AvgIpc) is 2.81. The van der Waals surface area contributed by atoms with Crippen LogP contribution in [0.25, 0.3) is 0 Å². The fourth-order valence-corrected chi connectivity index (χ4v) is 2.71. The van der Waals surface area contributed by atoms with Crippen molar-refractivity contribution in [2.45, 2.75) is 18.9 Å². The first-order valence-electron chi connectivity index (χ1n) is 6.59. The monoisotopic (exact) mass is 273 g/mol. The van der Waals surface area contributed by atoms with E-state index in [-0.39, 0.29) is 17.6 Å². The van der Waals surface area contributed by atoms with Crippen molar-refractivity contribution in [3.8, 4) is 11.5 Å². The van der Waals surface area contributed by atoms with E-state index in [2.05, 4.69) is 5.32 Å².